The van der Waals surface area contributed by atoms with Gasteiger partial charge in [0, 0.05) is 6.54 Å². The third kappa shape index (κ3) is 5.86. The lowest BCUT2D eigenvalue weighted by molar-refractivity contribution is -0.168. The standard InChI is InChI=1S/C26H26F4N4O6/c1-12(32-24(37)17-18(27)20(29)22(31)21(30)19(17)28)25(38)34-9-5-8-15(34)23(36)33-14-10-16(35)40-26(14)39-11-13-6-3-2-4-7-13/h2-4,6-7,12,14-15,26H,5,8-11,31H2,1H3,(H,32,37)(H,33,36)/t12-,14?,15-,26?/m0/s1. The molecule has 2 aliphatic heterocycles. The number of hydrogen-bond donors (Lipinski definition) is 3. The number of anilines is 1. The van der Waals surface area contributed by atoms with Crippen molar-refractivity contribution in [3.63, 3.8) is 0 Å². The molecule has 0 aromatic heterocycles. The Kier molecular flexibility index (Phi) is 8.57. The largest absolute Gasteiger partial charge is 0.433 e. The van der Waals surface area contributed by atoms with E-state index in [4.69, 9.17) is 15.2 Å². The molecule has 14 heteroatoms. The van der Waals surface area contributed by atoms with Crippen LogP contribution in [-0.2, 0) is 30.5 Å². The highest BCUT2D eigenvalue weighted by Crippen LogP contribution is 2.26. The summed E-state index contributed by atoms with van der Waals surface area (Å²) in [5.74, 6) is -11.4. The van der Waals surface area contributed by atoms with Crippen molar-refractivity contribution in [2.24, 2.45) is 0 Å². The van der Waals surface area contributed by atoms with Crippen LogP contribution in [0.2, 0.25) is 0 Å². The number of nitrogens with one attached hydrogen (secondary N) is 2. The SMILES string of the molecule is C[C@H](NC(=O)c1c(F)c(F)c(N)c(F)c1F)C(=O)N1CCC[C@H]1C(=O)NC1CC(=O)OC1OCc1ccccc1. The molecule has 2 fully saturated rings. The fourth-order valence-electron chi connectivity index (χ4n) is 4.57. The second-order valence-electron chi connectivity index (χ2n) is 9.40. The van der Waals surface area contributed by atoms with Gasteiger partial charge in [0.2, 0.25) is 18.1 Å². The maximum Gasteiger partial charge on any atom is 0.310 e. The molecule has 10 nitrogen and oxygen atoms in total. The predicted molar refractivity (Wildman–Crippen MR) is 130 cm³/mol. The first-order valence-electron chi connectivity index (χ1n) is 12.4. The smallest absolute Gasteiger partial charge is 0.310 e. The van der Waals surface area contributed by atoms with Crippen LogP contribution in [0.4, 0.5) is 23.2 Å². The van der Waals surface area contributed by atoms with E-state index in [2.05, 4.69) is 5.32 Å². The number of esters is 1. The van der Waals surface area contributed by atoms with Crippen LogP contribution >= 0.6 is 0 Å². The van der Waals surface area contributed by atoms with E-state index in [9.17, 15) is 36.7 Å². The number of ether oxygens (including phenoxy) is 2. The quantitative estimate of drug-likeness (QED) is 0.192. The van der Waals surface area contributed by atoms with Crippen molar-refractivity contribution in [2.75, 3.05) is 12.3 Å². The maximum atomic E-state index is 14.2. The van der Waals surface area contributed by atoms with Crippen LogP contribution in [0.25, 0.3) is 0 Å². The number of carbonyl (C=O) groups is 4. The van der Waals surface area contributed by atoms with Gasteiger partial charge in [0.15, 0.2) is 23.3 Å². The molecule has 3 amide bonds. The lowest BCUT2D eigenvalue weighted by Gasteiger charge is -2.28. The van der Waals surface area contributed by atoms with Gasteiger partial charge in [0.1, 0.15) is 29.4 Å². The summed E-state index contributed by atoms with van der Waals surface area (Å²) in [5, 5.41) is 4.68. The monoisotopic (exact) mass is 566 g/mol. The first-order valence-corrected chi connectivity index (χ1v) is 12.4. The maximum absolute atomic E-state index is 14.2. The van der Waals surface area contributed by atoms with Crippen LogP contribution in [0.15, 0.2) is 30.3 Å². The van der Waals surface area contributed by atoms with E-state index in [0.29, 0.717) is 6.42 Å². The molecule has 40 heavy (non-hydrogen) atoms. The topological polar surface area (TPSA) is 140 Å². The van der Waals surface area contributed by atoms with E-state index in [1.54, 1.807) is 0 Å². The molecule has 0 aliphatic carbocycles. The summed E-state index contributed by atoms with van der Waals surface area (Å²) in [6, 6.07) is 5.85. The fourth-order valence-corrected chi connectivity index (χ4v) is 4.57. The van der Waals surface area contributed by atoms with Gasteiger partial charge in [-0.1, -0.05) is 30.3 Å². The number of halogens is 4. The molecular formula is C26H26F4N4O6. The summed E-state index contributed by atoms with van der Waals surface area (Å²) in [5.41, 5.74) is 2.77. The molecule has 4 rings (SSSR count). The Hall–Kier alpha value is -4.20. The Morgan fingerprint density at radius 1 is 1.10 bits per heavy atom. The van der Waals surface area contributed by atoms with Gasteiger partial charge in [0.05, 0.1) is 13.0 Å². The third-order valence-electron chi connectivity index (χ3n) is 6.63. The Bertz CT molecular complexity index is 1300. The Morgan fingerprint density at radius 2 is 1.75 bits per heavy atom. The normalized spacial score (nSPS) is 21.2. The number of carbonyl (C=O) groups excluding carboxylic acids is 4. The zero-order valence-corrected chi connectivity index (χ0v) is 21.2. The number of amides is 3. The number of nitrogens with two attached hydrogens (primary N) is 1. The molecule has 2 heterocycles. The molecule has 2 unspecified atom stereocenters. The van der Waals surface area contributed by atoms with Crippen molar-refractivity contribution in [3.05, 3.63) is 64.7 Å². The second kappa shape index (κ2) is 11.9. The second-order valence-corrected chi connectivity index (χ2v) is 9.40. The average molecular weight is 567 g/mol. The fraction of sp³-hybridized carbons (Fsp3) is 0.385. The van der Waals surface area contributed by atoms with Crippen molar-refractivity contribution < 1.29 is 46.2 Å². The van der Waals surface area contributed by atoms with E-state index in [-0.39, 0.29) is 26.0 Å². The summed E-state index contributed by atoms with van der Waals surface area (Å²) in [7, 11) is 0. The van der Waals surface area contributed by atoms with Crippen LogP contribution < -0.4 is 16.4 Å². The molecule has 2 aromatic rings. The minimum absolute atomic E-state index is 0.124. The van der Waals surface area contributed by atoms with E-state index >= 15 is 0 Å². The lowest BCUT2D eigenvalue weighted by Crippen LogP contribution is -2.54. The zero-order valence-electron chi connectivity index (χ0n) is 21.2. The molecule has 4 atom stereocenters. The van der Waals surface area contributed by atoms with Gasteiger partial charge in [-0.15, -0.1) is 0 Å². The summed E-state index contributed by atoms with van der Waals surface area (Å²) in [6.07, 6.45) is -0.515. The first kappa shape index (κ1) is 28.8. The van der Waals surface area contributed by atoms with Crippen LogP contribution in [0.5, 0.6) is 0 Å². The predicted octanol–water partition coefficient (Wildman–Crippen LogP) is 1.91. The van der Waals surface area contributed by atoms with Crippen LogP contribution in [0.1, 0.15) is 42.1 Å². The minimum Gasteiger partial charge on any atom is -0.433 e. The molecule has 214 valence electrons. The lowest BCUT2D eigenvalue weighted by atomic mass is 10.1. The van der Waals surface area contributed by atoms with Crippen molar-refractivity contribution >= 4 is 29.4 Å². The van der Waals surface area contributed by atoms with Gasteiger partial charge in [-0.2, -0.15) is 0 Å². The van der Waals surface area contributed by atoms with Gasteiger partial charge in [-0.3, -0.25) is 19.2 Å². The highest BCUT2D eigenvalue weighted by Gasteiger charge is 2.42. The molecule has 2 saturated heterocycles. The Balaban J connectivity index is 1.39. The number of cyclic esters (lactones) is 1. The molecular weight excluding hydrogens is 540 g/mol. The van der Waals surface area contributed by atoms with Crippen molar-refractivity contribution in [1.82, 2.24) is 15.5 Å². The first-order chi connectivity index (χ1) is 19.0. The molecule has 0 spiro atoms. The summed E-state index contributed by atoms with van der Waals surface area (Å²) in [6.45, 7) is 1.43. The van der Waals surface area contributed by atoms with Gasteiger partial charge in [-0.25, -0.2) is 17.6 Å². The number of rotatable bonds is 8. The number of benzene rings is 2. The van der Waals surface area contributed by atoms with E-state index in [1.807, 2.05) is 35.6 Å². The summed E-state index contributed by atoms with van der Waals surface area (Å²) < 4.78 is 66.7. The molecule has 0 radical (unpaired) electrons. The highest BCUT2D eigenvalue weighted by atomic mass is 19.2. The third-order valence-corrected chi connectivity index (χ3v) is 6.63. The van der Waals surface area contributed by atoms with E-state index in [0.717, 1.165) is 10.5 Å². The van der Waals surface area contributed by atoms with E-state index < -0.39 is 82.6 Å². The number of nitrogens with zero attached hydrogens (tertiary/aromatic N) is 1. The van der Waals surface area contributed by atoms with Gasteiger partial charge in [-0.05, 0) is 25.3 Å². The van der Waals surface area contributed by atoms with Gasteiger partial charge < -0.3 is 30.7 Å². The number of likely N-dealkylation sites (tertiary alicyclic amines) is 1. The Labute approximate surface area is 225 Å². The van der Waals surface area contributed by atoms with Gasteiger partial charge >= 0.3 is 5.97 Å². The molecule has 2 aliphatic rings. The van der Waals surface area contributed by atoms with Crippen molar-refractivity contribution in [1.29, 1.82) is 0 Å². The minimum atomic E-state index is -2.01. The number of nitrogen functional groups attached to an aromatic ring is 1. The molecule has 2 aromatic carbocycles. The average Bonchev–Trinajstić information content (AvgIpc) is 3.56. The summed E-state index contributed by atoms with van der Waals surface area (Å²) in [4.78, 5) is 51.7. The Morgan fingerprint density at radius 3 is 2.40 bits per heavy atom. The van der Waals surface area contributed by atoms with Crippen molar-refractivity contribution in [3.8, 4) is 0 Å². The zero-order chi connectivity index (χ0) is 29.1. The highest BCUT2D eigenvalue weighted by molar-refractivity contribution is 5.99. The number of hydrogen-bond acceptors (Lipinski definition) is 7. The van der Waals surface area contributed by atoms with Crippen LogP contribution in [0.3, 0.4) is 0 Å². The molecule has 0 bridgehead atoms. The molecule has 4 N–H and O–H groups in total. The van der Waals surface area contributed by atoms with Gasteiger partial charge in [0.25, 0.3) is 5.91 Å². The van der Waals surface area contributed by atoms with E-state index in [1.165, 1.54) is 6.92 Å². The van der Waals surface area contributed by atoms with Crippen LogP contribution in [-0.4, -0.2) is 59.6 Å². The molecule has 0 saturated carbocycles. The van der Waals surface area contributed by atoms with Crippen LogP contribution in [0, 0.1) is 23.3 Å². The van der Waals surface area contributed by atoms with Crippen molar-refractivity contribution in [2.45, 2.75) is 57.2 Å². The summed E-state index contributed by atoms with van der Waals surface area (Å²) >= 11 is 0.